The lowest BCUT2D eigenvalue weighted by Gasteiger charge is -2.32. The second kappa shape index (κ2) is 20.3. The van der Waals surface area contributed by atoms with Crippen molar-refractivity contribution in [1.29, 1.82) is 0 Å². The molecule has 0 heterocycles. The normalized spacial score (nSPS) is 15.7. The van der Waals surface area contributed by atoms with Gasteiger partial charge in [-0.3, -0.25) is 0 Å². The van der Waals surface area contributed by atoms with E-state index in [4.69, 9.17) is 0 Å². The Balaban J connectivity index is 1.16. The van der Waals surface area contributed by atoms with E-state index >= 15 is 0 Å². The molecule has 0 aliphatic heterocycles. The molecule has 294 valence electrons. The Kier molecular flexibility index (Phi) is 14.3. The molecule has 7 aromatic rings. The lowest BCUT2D eigenvalue weighted by atomic mass is 9.72. The highest BCUT2D eigenvalue weighted by Gasteiger charge is 2.29. The van der Waals surface area contributed by atoms with Gasteiger partial charge in [0, 0.05) is 0 Å². The fraction of sp³-hybridized carbons (Fsp3) is 0.276. The van der Waals surface area contributed by atoms with Crippen LogP contribution in [0.25, 0.3) is 0 Å². The largest absolute Gasteiger partial charge is 0.0622 e. The van der Waals surface area contributed by atoms with Crippen LogP contribution in [-0.4, -0.2) is 0 Å². The summed E-state index contributed by atoms with van der Waals surface area (Å²) in [5, 5.41) is 0. The van der Waals surface area contributed by atoms with Crippen LogP contribution >= 0.6 is 0 Å². The second-order valence-corrected chi connectivity index (χ2v) is 17.1. The zero-order valence-electron chi connectivity index (χ0n) is 35.1. The van der Waals surface area contributed by atoms with Crippen molar-refractivity contribution in [3.8, 4) is 0 Å². The van der Waals surface area contributed by atoms with Gasteiger partial charge in [0.05, 0.1) is 0 Å². The van der Waals surface area contributed by atoms with Crippen LogP contribution in [0.1, 0.15) is 145 Å². The van der Waals surface area contributed by atoms with Crippen molar-refractivity contribution in [2.75, 3.05) is 0 Å². The van der Waals surface area contributed by atoms with Gasteiger partial charge in [-0.1, -0.05) is 234 Å². The van der Waals surface area contributed by atoms with Gasteiger partial charge in [0.25, 0.3) is 0 Å². The standard InChI is InChI=1S/C58H62/c1-43(47-23-11-5-12-24-47)39-55(51-27-15-7-16-28-51)41-57(53-31-19-9-20-32-53)45(3)49-35-37-50(38-36-49)46(4)58(54-33-21-10-22-34-54)42-56(52-29-17-8-18-30-52)40-44(2)48-25-13-6-14-26-48/h5-38,43-46,55-58H,39-42H2,1-4H3. The van der Waals surface area contributed by atoms with Gasteiger partial charge in [0.1, 0.15) is 0 Å². The summed E-state index contributed by atoms with van der Waals surface area (Å²) in [6, 6.07) is 77.1. The molecule has 58 heavy (non-hydrogen) atoms. The minimum absolute atomic E-state index is 0.358. The number of rotatable bonds is 18. The van der Waals surface area contributed by atoms with Gasteiger partial charge in [0.2, 0.25) is 0 Å². The first-order valence-corrected chi connectivity index (χ1v) is 21.8. The van der Waals surface area contributed by atoms with E-state index in [-0.39, 0.29) is 0 Å². The van der Waals surface area contributed by atoms with Crippen LogP contribution in [0.15, 0.2) is 206 Å². The van der Waals surface area contributed by atoms with Crippen molar-refractivity contribution < 1.29 is 0 Å². The molecule has 0 nitrogen and oxygen atoms in total. The third-order valence-electron chi connectivity index (χ3n) is 13.3. The summed E-state index contributed by atoms with van der Waals surface area (Å²) in [5.74, 6) is 3.31. The smallest absolute Gasteiger partial charge is 0.00899 e. The first kappa shape index (κ1) is 40.7. The van der Waals surface area contributed by atoms with Crippen LogP contribution in [-0.2, 0) is 0 Å². The van der Waals surface area contributed by atoms with Crippen LogP contribution in [0.2, 0.25) is 0 Å². The van der Waals surface area contributed by atoms with Crippen LogP contribution < -0.4 is 0 Å². The van der Waals surface area contributed by atoms with Crippen LogP contribution in [0.5, 0.6) is 0 Å². The predicted molar refractivity (Wildman–Crippen MR) is 248 cm³/mol. The van der Waals surface area contributed by atoms with Crippen molar-refractivity contribution in [2.45, 2.75) is 101 Å². The fourth-order valence-electron chi connectivity index (χ4n) is 9.72. The molecule has 0 saturated carbocycles. The molecule has 0 radical (unpaired) electrons. The highest BCUT2D eigenvalue weighted by molar-refractivity contribution is 5.36. The zero-order chi connectivity index (χ0) is 40.1. The number of benzene rings is 7. The maximum absolute atomic E-state index is 2.46. The molecule has 0 saturated heterocycles. The van der Waals surface area contributed by atoms with E-state index in [1.165, 1.54) is 44.5 Å². The molecule has 0 aliphatic rings. The average molecular weight is 759 g/mol. The van der Waals surface area contributed by atoms with Crippen LogP contribution in [0.4, 0.5) is 0 Å². The predicted octanol–water partition coefficient (Wildman–Crippen LogP) is 16.2. The molecule has 7 aromatic carbocycles. The summed E-state index contributed by atoms with van der Waals surface area (Å²) in [6.45, 7) is 9.73. The Bertz CT molecular complexity index is 2020. The van der Waals surface area contributed by atoms with Gasteiger partial charge in [0.15, 0.2) is 0 Å². The summed E-state index contributed by atoms with van der Waals surface area (Å²) in [7, 11) is 0. The molecule has 0 spiro atoms. The Morgan fingerprint density at radius 3 is 0.759 bits per heavy atom. The Morgan fingerprint density at radius 1 is 0.241 bits per heavy atom. The molecule has 0 bridgehead atoms. The summed E-state index contributed by atoms with van der Waals surface area (Å²) in [6.07, 6.45) is 4.44. The molecule has 8 atom stereocenters. The van der Waals surface area contributed by atoms with Crippen molar-refractivity contribution in [3.63, 3.8) is 0 Å². The van der Waals surface area contributed by atoms with E-state index in [9.17, 15) is 0 Å². The van der Waals surface area contributed by atoms with Crippen molar-refractivity contribution >= 4 is 0 Å². The number of hydrogen-bond donors (Lipinski definition) is 0. The summed E-state index contributed by atoms with van der Waals surface area (Å²) >= 11 is 0. The van der Waals surface area contributed by atoms with Crippen molar-refractivity contribution in [1.82, 2.24) is 0 Å². The van der Waals surface area contributed by atoms with Crippen molar-refractivity contribution in [2.24, 2.45) is 0 Å². The van der Waals surface area contributed by atoms with Gasteiger partial charge in [-0.05, 0) is 118 Å². The van der Waals surface area contributed by atoms with E-state index in [0.717, 1.165) is 25.7 Å². The van der Waals surface area contributed by atoms with Gasteiger partial charge in [-0.15, -0.1) is 0 Å². The molecular weight excluding hydrogens is 697 g/mol. The fourth-order valence-corrected chi connectivity index (χ4v) is 9.72. The van der Waals surface area contributed by atoms with Gasteiger partial charge in [-0.2, -0.15) is 0 Å². The van der Waals surface area contributed by atoms with E-state index < -0.39 is 0 Å². The molecule has 7 rings (SSSR count). The summed E-state index contributed by atoms with van der Waals surface area (Å²) < 4.78 is 0. The highest BCUT2D eigenvalue weighted by atomic mass is 14.3. The lowest BCUT2D eigenvalue weighted by molar-refractivity contribution is 0.437. The Morgan fingerprint density at radius 2 is 0.483 bits per heavy atom. The molecule has 0 aromatic heterocycles. The number of hydrogen-bond acceptors (Lipinski definition) is 0. The molecular formula is C58H62. The average Bonchev–Trinajstić information content (AvgIpc) is 3.30. The Hall–Kier alpha value is -5.46. The minimum Gasteiger partial charge on any atom is -0.0622 e. The third-order valence-corrected chi connectivity index (χ3v) is 13.3. The SMILES string of the molecule is CC(CC(CC(c1ccccc1)C(C)c1ccc(C(C)C(CC(CC(C)c2ccccc2)c2ccccc2)c2ccccc2)cc1)c1ccccc1)c1ccccc1. The molecule has 0 amide bonds. The lowest BCUT2D eigenvalue weighted by Crippen LogP contribution is -2.16. The summed E-state index contributed by atoms with van der Waals surface area (Å²) in [4.78, 5) is 0. The van der Waals surface area contributed by atoms with Gasteiger partial charge >= 0.3 is 0 Å². The third kappa shape index (κ3) is 10.5. The Labute approximate surface area is 350 Å². The maximum Gasteiger partial charge on any atom is -0.00899 e. The molecule has 0 fully saturated rings. The van der Waals surface area contributed by atoms with Gasteiger partial charge < -0.3 is 0 Å². The monoisotopic (exact) mass is 758 g/mol. The minimum atomic E-state index is 0.358. The van der Waals surface area contributed by atoms with E-state index in [0.29, 0.717) is 47.3 Å². The first-order valence-electron chi connectivity index (χ1n) is 21.8. The van der Waals surface area contributed by atoms with E-state index in [1.807, 2.05) is 0 Å². The molecule has 8 unspecified atom stereocenters. The molecule has 0 heteroatoms. The highest BCUT2D eigenvalue weighted by Crippen LogP contribution is 2.46. The van der Waals surface area contributed by atoms with E-state index in [1.54, 1.807) is 0 Å². The zero-order valence-corrected chi connectivity index (χ0v) is 35.1. The van der Waals surface area contributed by atoms with Gasteiger partial charge in [-0.25, -0.2) is 0 Å². The second-order valence-electron chi connectivity index (χ2n) is 17.1. The van der Waals surface area contributed by atoms with Crippen LogP contribution in [0, 0.1) is 0 Å². The molecule has 0 N–H and O–H groups in total. The maximum atomic E-state index is 2.46. The quantitative estimate of drug-likeness (QED) is 0.0817. The topological polar surface area (TPSA) is 0 Å². The van der Waals surface area contributed by atoms with Crippen LogP contribution in [0.3, 0.4) is 0 Å². The van der Waals surface area contributed by atoms with E-state index in [2.05, 4.69) is 234 Å². The first-order chi connectivity index (χ1) is 28.4. The molecule has 0 aliphatic carbocycles. The summed E-state index contributed by atoms with van der Waals surface area (Å²) in [5.41, 5.74) is 11.4. The van der Waals surface area contributed by atoms with Crippen molar-refractivity contribution in [3.05, 3.63) is 251 Å².